The number of ether oxygens (including phenoxy) is 1. The van der Waals surface area contributed by atoms with Gasteiger partial charge in [0, 0.05) is 16.4 Å². The van der Waals surface area contributed by atoms with Gasteiger partial charge in [-0.15, -0.1) is 11.3 Å². The molecule has 1 saturated heterocycles. The largest absolute Gasteiger partial charge is 0.465 e. The van der Waals surface area contributed by atoms with Crippen molar-refractivity contribution in [3.05, 3.63) is 50.9 Å². The number of esters is 1. The number of benzene rings is 1. The van der Waals surface area contributed by atoms with Crippen molar-refractivity contribution in [2.45, 2.75) is 44.6 Å². The molecule has 0 spiro atoms. The Bertz CT molecular complexity index is 894. The quantitative estimate of drug-likeness (QED) is 0.675. The Morgan fingerprint density at radius 3 is 2.68 bits per heavy atom. The van der Waals surface area contributed by atoms with Crippen LogP contribution >= 0.6 is 22.9 Å². The van der Waals surface area contributed by atoms with Crippen LogP contribution in [-0.2, 0) is 17.6 Å². The van der Waals surface area contributed by atoms with Crippen molar-refractivity contribution in [1.82, 2.24) is 4.90 Å². The molecule has 7 heteroatoms. The number of amides is 2. The zero-order chi connectivity index (χ0) is 19.7. The van der Waals surface area contributed by atoms with E-state index in [4.69, 9.17) is 16.3 Å². The van der Waals surface area contributed by atoms with Crippen molar-refractivity contribution in [2.75, 3.05) is 19.0 Å². The molecule has 2 amide bonds. The summed E-state index contributed by atoms with van der Waals surface area (Å²) in [5.74, 6) is -0.370. The molecule has 0 saturated carbocycles. The number of nitrogens with one attached hydrogen (secondary N) is 1. The number of hydrogen-bond donors (Lipinski definition) is 1. The molecule has 2 aromatic rings. The Morgan fingerprint density at radius 2 is 1.93 bits per heavy atom. The Balaban J connectivity index is 1.58. The summed E-state index contributed by atoms with van der Waals surface area (Å²) in [6.45, 7) is 0.692. The van der Waals surface area contributed by atoms with Crippen molar-refractivity contribution >= 4 is 39.9 Å². The van der Waals surface area contributed by atoms with Gasteiger partial charge in [0.15, 0.2) is 0 Å². The van der Waals surface area contributed by atoms with Crippen LogP contribution in [0.1, 0.15) is 58.1 Å². The summed E-state index contributed by atoms with van der Waals surface area (Å²) in [4.78, 5) is 28.5. The van der Waals surface area contributed by atoms with Crippen LogP contribution in [-0.4, -0.2) is 30.6 Å². The lowest BCUT2D eigenvalue weighted by molar-refractivity contribution is 0.0601. The highest BCUT2D eigenvalue weighted by atomic mass is 35.5. The first-order valence-electron chi connectivity index (χ1n) is 9.64. The lowest BCUT2D eigenvalue weighted by Crippen LogP contribution is -2.34. The second-order valence-electron chi connectivity index (χ2n) is 7.24. The van der Waals surface area contributed by atoms with Gasteiger partial charge in [-0.2, -0.15) is 0 Å². The molecule has 2 aliphatic rings. The minimum Gasteiger partial charge on any atom is -0.465 e. The number of carbonyl (C=O) groups excluding carboxylic acids is 2. The number of aryl methyl sites for hydroxylation is 1. The summed E-state index contributed by atoms with van der Waals surface area (Å²) < 4.78 is 5.00. The Labute approximate surface area is 173 Å². The first-order valence-corrected chi connectivity index (χ1v) is 10.8. The normalized spacial score (nSPS) is 18.6. The maximum absolute atomic E-state index is 13.1. The average molecular weight is 419 g/mol. The predicted octanol–water partition coefficient (Wildman–Crippen LogP) is 5.44. The van der Waals surface area contributed by atoms with Crippen LogP contribution in [0, 0.1) is 0 Å². The zero-order valence-electron chi connectivity index (χ0n) is 15.8. The van der Waals surface area contributed by atoms with E-state index in [1.807, 2.05) is 29.2 Å². The third kappa shape index (κ3) is 3.63. The molecule has 1 N–H and O–H groups in total. The van der Waals surface area contributed by atoms with Gasteiger partial charge in [-0.25, -0.2) is 9.59 Å². The van der Waals surface area contributed by atoms with Crippen molar-refractivity contribution < 1.29 is 14.3 Å². The number of likely N-dealkylation sites (tertiary alicyclic amines) is 1. The van der Waals surface area contributed by atoms with Crippen LogP contribution in [0.2, 0.25) is 5.02 Å². The Hall–Kier alpha value is -2.05. The van der Waals surface area contributed by atoms with Crippen LogP contribution in [0.5, 0.6) is 0 Å². The molecule has 0 radical (unpaired) electrons. The molecule has 0 bridgehead atoms. The second-order valence-corrected chi connectivity index (χ2v) is 8.78. The third-order valence-electron chi connectivity index (χ3n) is 5.55. The van der Waals surface area contributed by atoms with Crippen LogP contribution in [0.3, 0.4) is 0 Å². The summed E-state index contributed by atoms with van der Waals surface area (Å²) in [6.07, 6.45) is 5.86. The molecule has 1 unspecified atom stereocenters. The summed E-state index contributed by atoms with van der Waals surface area (Å²) in [5, 5.41) is 4.32. The van der Waals surface area contributed by atoms with E-state index in [-0.39, 0.29) is 18.0 Å². The number of urea groups is 1. The molecular weight excluding hydrogens is 396 g/mol. The fourth-order valence-electron chi connectivity index (χ4n) is 4.18. The van der Waals surface area contributed by atoms with Gasteiger partial charge in [-0.3, -0.25) is 5.32 Å². The van der Waals surface area contributed by atoms with E-state index >= 15 is 0 Å². The summed E-state index contributed by atoms with van der Waals surface area (Å²) in [5.41, 5.74) is 2.67. The summed E-state index contributed by atoms with van der Waals surface area (Å²) in [6, 6.07) is 7.52. The highest BCUT2D eigenvalue weighted by Crippen LogP contribution is 2.39. The van der Waals surface area contributed by atoms with Gasteiger partial charge < -0.3 is 9.64 Å². The number of nitrogens with zero attached hydrogens (tertiary/aromatic N) is 1. The number of fused-ring (bicyclic) bond motifs is 1. The van der Waals surface area contributed by atoms with Crippen molar-refractivity contribution in [3.8, 4) is 0 Å². The van der Waals surface area contributed by atoms with Gasteiger partial charge in [0.2, 0.25) is 0 Å². The number of carbonyl (C=O) groups is 2. The van der Waals surface area contributed by atoms with Gasteiger partial charge in [-0.1, -0.05) is 23.7 Å². The first-order chi connectivity index (χ1) is 13.6. The fraction of sp³-hybridized carbons (Fsp3) is 0.429. The predicted molar refractivity (Wildman–Crippen MR) is 111 cm³/mol. The Kier molecular flexibility index (Phi) is 5.60. The molecule has 1 aromatic carbocycles. The number of methoxy groups -OCH3 is 1. The summed E-state index contributed by atoms with van der Waals surface area (Å²) >= 11 is 7.51. The lowest BCUT2D eigenvalue weighted by Gasteiger charge is -2.25. The fourth-order valence-corrected chi connectivity index (χ4v) is 5.58. The molecule has 2 heterocycles. The van der Waals surface area contributed by atoms with E-state index in [9.17, 15) is 9.59 Å². The van der Waals surface area contributed by atoms with E-state index in [1.165, 1.54) is 23.3 Å². The van der Waals surface area contributed by atoms with Gasteiger partial charge in [-0.05, 0) is 61.8 Å². The van der Waals surface area contributed by atoms with Crippen LogP contribution < -0.4 is 5.32 Å². The molecule has 4 rings (SSSR count). The highest BCUT2D eigenvalue weighted by Gasteiger charge is 2.32. The first kappa shape index (κ1) is 19.3. The SMILES string of the molecule is COC(=O)c1c(NC(=O)N2CCCC2c2ccc(Cl)cc2)sc2c1CCCC2. The monoisotopic (exact) mass is 418 g/mol. The van der Waals surface area contributed by atoms with Gasteiger partial charge >= 0.3 is 12.0 Å². The smallest absolute Gasteiger partial charge is 0.341 e. The minimum atomic E-state index is -0.370. The van der Waals surface area contributed by atoms with E-state index < -0.39 is 0 Å². The van der Waals surface area contributed by atoms with Gasteiger partial charge in [0.25, 0.3) is 0 Å². The van der Waals surface area contributed by atoms with Crippen LogP contribution in [0.15, 0.2) is 24.3 Å². The van der Waals surface area contributed by atoms with Gasteiger partial charge in [0.05, 0.1) is 18.7 Å². The standard InChI is InChI=1S/C21H23ClN2O3S/c1-27-20(25)18-15-5-2-3-7-17(15)28-19(18)23-21(26)24-12-4-6-16(24)13-8-10-14(22)11-9-13/h8-11,16H,2-7,12H2,1H3,(H,23,26). The van der Waals surface area contributed by atoms with Crippen LogP contribution in [0.25, 0.3) is 0 Å². The maximum Gasteiger partial charge on any atom is 0.341 e. The molecular formula is C21H23ClN2O3S. The van der Waals surface area contributed by atoms with E-state index in [1.54, 1.807) is 0 Å². The van der Waals surface area contributed by atoms with E-state index in [0.717, 1.165) is 49.7 Å². The molecule has 28 heavy (non-hydrogen) atoms. The number of halogens is 1. The van der Waals surface area contributed by atoms with Crippen LogP contribution in [0.4, 0.5) is 9.80 Å². The molecule has 1 aromatic heterocycles. The minimum absolute atomic E-state index is 0.0217. The highest BCUT2D eigenvalue weighted by molar-refractivity contribution is 7.17. The number of hydrogen-bond acceptors (Lipinski definition) is 4. The van der Waals surface area contributed by atoms with Crippen molar-refractivity contribution in [3.63, 3.8) is 0 Å². The van der Waals surface area contributed by atoms with E-state index in [2.05, 4.69) is 5.32 Å². The average Bonchev–Trinajstić information content (AvgIpc) is 3.32. The van der Waals surface area contributed by atoms with Crippen molar-refractivity contribution in [1.29, 1.82) is 0 Å². The number of anilines is 1. The third-order valence-corrected chi connectivity index (χ3v) is 7.01. The zero-order valence-corrected chi connectivity index (χ0v) is 17.4. The van der Waals surface area contributed by atoms with Crippen molar-refractivity contribution in [2.24, 2.45) is 0 Å². The number of rotatable bonds is 3. The summed E-state index contributed by atoms with van der Waals surface area (Å²) in [7, 11) is 1.39. The second kappa shape index (κ2) is 8.13. The molecule has 1 atom stereocenters. The molecule has 1 aliphatic carbocycles. The lowest BCUT2D eigenvalue weighted by atomic mass is 9.95. The van der Waals surface area contributed by atoms with E-state index in [0.29, 0.717) is 22.1 Å². The maximum atomic E-state index is 13.1. The molecule has 5 nitrogen and oxygen atoms in total. The number of thiophene rings is 1. The molecule has 148 valence electrons. The topological polar surface area (TPSA) is 58.6 Å². The molecule has 1 fully saturated rings. The Morgan fingerprint density at radius 1 is 1.18 bits per heavy atom. The molecule has 1 aliphatic heterocycles. The van der Waals surface area contributed by atoms with Gasteiger partial charge in [0.1, 0.15) is 5.00 Å².